The highest BCUT2D eigenvalue weighted by Gasteiger charge is 2.35. The number of carboxylic acid groups (broad SMARTS) is 2. The predicted molar refractivity (Wildman–Crippen MR) is 129 cm³/mol. The number of piperazine rings is 1. The molecule has 1 aromatic carbocycles. The number of ether oxygens (including phenoxy) is 1. The van der Waals surface area contributed by atoms with Crippen molar-refractivity contribution >= 4 is 35.3 Å². The number of para-hydroxylation sites is 2. The van der Waals surface area contributed by atoms with E-state index >= 15 is 0 Å². The van der Waals surface area contributed by atoms with E-state index in [1.165, 1.54) is 0 Å². The monoisotopic (exact) mass is 471 g/mol. The van der Waals surface area contributed by atoms with Gasteiger partial charge in [0.15, 0.2) is 0 Å². The van der Waals surface area contributed by atoms with Gasteiger partial charge < -0.3 is 30.5 Å². The standard InChI is InChI=1S/C18H29N3O2S.2C2H4O2/c1-5-23-15-9-7-6-8-14(15)20-10-12-21(13-11-20)17(22)16(19)18(2,3)24-4;2*1-2(3)4/h6-9,16H,5,10-13,19H2,1-4H3;2*1H3,(H,3,4)/t16-;;/m1../s1. The Morgan fingerprint density at radius 1 is 1.09 bits per heavy atom. The van der Waals surface area contributed by atoms with Gasteiger partial charge in [-0.25, -0.2) is 0 Å². The molecule has 10 heteroatoms. The van der Waals surface area contributed by atoms with Crippen LogP contribution >= 0.6 is 11.8 Å². The van der Waals surface area contributed by atoms with E-state index in [1.54, 1.807) is 11.8 Å². The minimum absolute atomic E-state index is 0.0482. The highest BCUT2D eigenvalue weighted by atomic mass is 32.2. The molecular weight excluding hydrogens is 434 g/mol. The van der Waals surface area contributed by atoms with Crippen molar-refractivity contribution in [2.45, 2.75) is 45.4 Å². The molecule has 0 spiro atoms. The molecule has 1 aliphatic heterocycles. The van der Waals surface area contributed by atoms with Crippen molar-refractivity contribution in [3.8, 4) is 5.75 Å². The molecular formula is C22H37N3O6S. The Balaban J connectivity index is 0.00000104. The van der Waals surface area contributed by atoms with Crippen LogP contribution in [-0.2, 0) is 14.4 Å². The summed E-state index contributed by atoms with van der Waals surface area (Å²) in [6, 6.07) is 7.59. The van der Waals surface area contributed by atoms with Crippen LogP contribution in [0.1, 0.15) is 34.6 Å². The number of benzene rings is 1. The molecule has 0 radical (unpaired) electrons. The fourth-order valence-electron chi connectivity index (χ4n) is 2.78. The summed E-state index contributed by atoms with van der Waals surface area (Å²) in [4.78, 5) is 34.8. The molecule has 1 heterocycles. The van der Waals surface area contributed by atoms with E-state index in [9.17, 15) is 4.79 Å². The van der Waals surface area contributed by atoms with Crippen molar-refractivity contribution in [2.24, 2.45) is 5.73 Å². The van der Waals surface area contributed by atoms with Crippen LogP contribution in [0.3, 0.4) is 0 Å². The van der Waals surface area contributed by atoms with Crippen LogP contribution in [0, 0.1) is 0 Å². The SMILES string of the molecule is CC(=O)O.CC(=O)O.CCOc1ccccc1N1CCN(C(=O)[C@@H](N)C(C)(C)SC)CC1. The number of thioether (sulfide) groups is 1. The number of carboxylic acids is 2. The third-order valence-electron chi connectivity index (χ3n) is 4.64. The Kier molecular flexibility index (Phi) is 13.5. The fourth-order valence-corrected chi connectivity index (χ4v) is 3.14. The third kappa shape index (κ3) is 10.7. The number of nitrogens with two attached hydrogens (primary N) is 1. The van der Waals surface area contributed by atoms with Gasteiger partial charge in [0.25, 0.3) is 11.9 Å². The van der Waals surface area contributed by atoms with Crippen molar-refractivity contribution in [3.63, 3.8) is 0 Å². The van der Waals surface area contributed by atoms with Crippen LogP contribution in [0.25, 0.3) is 0 Å². The Hall–Kier alpha value is -2.46. The Labute approximate surface area is 194 Å². The topological polar surface area (TPSA) is 133 Å². The van der Waals surface area contributed by atoms with Crippen molar-refractivity contribution < 1.29 is 29.3 Å². The molecule has 1 atom stereocenters. The van der Waals surface area contributed by atoms with E-state index in [-0.39, 0.29) is 10.7 Å². The molecule has 1 saturated heterocycles. The highest BCUT2D eigenvalue weighted by molar-refractivity contribution is 8.00. The third-order valence-corrected chi connectivity index (χ3v) is 5.94. The second-order valence-electron chi connectivity index (χ2n) is 7.54. The first kappa shape index (κ1) is 29.5. The number of anilines is 1. The molecule has 0 saturated carbocycles. The van der Waals surface area contributed by atoms with Gasteiger partial charge in [-0.05, 0) is 39.2 Å². The number of carbonyl (C=O) groups excluding carboxylic acids is 1. The molecule has 1 amide bonds. The van der Waals surface area contributed by atoms with E-state index in [2.05, 4.69) is 11.0 Å². The maximum absolute atomic E-state index is 12.7. The van der Waals surface area contributed by atoms with E-state index < -0.39 is 18.0 Å². The van der Waals surface area contributed by atoms with Crippen LogP contribution in [0.2, 0.25) is 0 Å². The summed E-state index contributed by atoms with van der Waals surface area (Å²) in [7, 11) is 0. The van der Waals surface area contributed by atoms with E-state index in [0.717, 1.165) is 38.4 Å². The summed E-state index contributed by atoms with van der Waals surface area (Å²) in [5.74, 6) is -0.716. The first-order valence-corrected chi connectivity index (χ1v) is 11.5. The lowest BCUT2D eigenvalue weighted by molar-refractivity contribution is -0.135. The van der Waals surface area contributed by atoms with Gasteiger partial charge in [-0.2, -0.15) is 11.8 Å². The number of nitrogens with zero attached hydrogens (tertiary/aromatic N) is 2. The molecule has 0 aromatic heterocycles. The molecule has 182 valence electrons. The molecule has 4 N–H and O–H groups in total. The average Bonchev–Trinajstić information content (AvgIpc) is 2.72. The number of aliphatic carboxylic acids is 2. The van der Waals surface area contributed by atoms with Gasteiger partial charge >= 0.3 is 0 Å². The summed E-state index contributed by atoms with van der Waals surface area (Å²) in [5, 5.41) is 14.8. The highest BCUT2D eigenvalue weighted by Crippen LogP contribution is 2.30. The normalized spacial score (nSPS) is 14.2. The van der Waals surface area contributed by atoms with Gasteiger partial charge in [-0.1, -0.05) is 12.1 Å². The first-order valence-electron chi connectivity index (χ1n) is 10.3. The smallest absolute Gasteiger partial charge is 0.300 e. The number of hydrogen-bond acceptors (Lipinski definition) is 7. The molecule has 0 bridgehead atoms. The van der Waals surface area contributed by atoms with Crippen LogP contribution in [-0.4, -0.2) is 82.8 Å². The summed E-state index contributed by atoms with van der Waals surface area (Å²) >= 11 is 1.63. The lowest BCUT2D eigenvalue weighted by atomic mass is 10.0. The molecule has 1 aromatic rings. The summed E-state index contributed by atoms with van der Waals surface area (Å²) in [5.41, 5.74) is 7.30. The van der Waals surface area contributed by atoms with Crippen molar-refractivity contribution in [1.29, 1.82) is 0 Å². The zero-order valence-corrected chi connectivity index (χ0v) is 20.6. The van der Waals surface area contributed by atoms with E-state index in [0.29, 0.717) is 19.7 Å². The Morgan fingerprint density at radius 3 is 2.00 bits per heavy atom. The number of rotatable bonds is 6. The van der Waals surface area contributed by atoms with Crippen molar-refractivity contribution in [3.05, 3.63) is 24.3 Å². The van der Waals surface area contributed by atoms with Gasteiger partial charge in [-0.15, -0.1) is 0 Å². The van der Waals surface area contributed by atoms with Crippen molar-refractivity contribution in [1.82, 2.24) is 4.90 Å². The van der Waals surface area contributed by atoms with Crippen LogP contribution in [0.5, 0.6) is 5.75 Å². The van der Waals surface area contributed by atoms with Crippen LogP contribution < -0.4 is 15.4 Å². The van der Waals surface area contributed by atoms with E-state index in [1.807, 2.05) is 50.1 Å². The minimum atomic E-state index is -0.833. The summed E-state index contributed by atoms with van der Waals surface area (Å²) in [6.45, 7) is 11.8. The molecule has 1 aliphatic rings. The first-order chi connectivity index (χ1) is 14.9. The molecule has 0 unspecified atom stereocenters. The zero-order chi connectivity index (χ0) is 24.9. The maximum atomic E-state index is 12.7. The maximum Gasteiger partial charge on any atom is 0.300 e. The predicted octanol–water partition coefficient (Wildman–Crippen LogP) is 2.38. The van der Waals surface area contributed by atoms with Gasteiger partial charge in [0.2, 0.25) is 5.91 Å². The minimum Gasteiger partial charge on any atom is -0.492 e. The van der Waals surface area contributed by atoms with Gasteiger partial charge in [0.1, 0.15) is 5.75 Å². The Morgan fingerprint density at radius 2 is 1.56 bits per heavy atom. The van der Waals surface area contributed by atoms with Crippen molar-refractivity contribution in [2.75, 3.05) is 43.9 Å². The fraction of sp³-hybridized carbons (Fsp3) is 0.591. The zero-order valence-electron chi connectivity index (χ0n) is 19.8. The Bertz CT molecular complexity index is 716. The second kappa shape index (κ2) is 14.6. The van der Waals surface area contributed by atoms with Gasteiger partial charge in [0.05, 0.1) is 18.3 Å². The summed E-state index contributed by atoms with van der Waals surface area (Å²) < 4.78 is 5.46. The summed E-state index contributed by atoms with van der Waals surface area (Å²) in [6.07, 6.45) is 2.00. The lowest BCUT2D eigenvalue weighted by Crippen LogP contribution is -2.57. The van der Waals surface area contributed by atoms with E-state index in [4.69, 9.17) is 30.3 Å². The quantitative estimate of drug-likeness (QED) is 0.572. The number of hydrogen-bond donors (Lipinski definition) is 3. The molecule has 2 rings (SSSR count). The number of carbonyl (C=O) groups is 3. The molecule has 32 heavy (non-hydrogen) atoms. The molecule has 0 aliphatic carbocycles. The second-order valence-corrected chi connectivity index (χ2v) is 9.00. The largest absolute Gasteiger partial charge is 0.492 e. The van der Waals surface area contributed by atoms with Gasteiger partial charge in [-0.3, -0.25) is 14.4 Å². The average molecular weight is 472 g/mol. The molecule has 1 fully saturated rings. The van der Waals surface area contributed by atoms with Crippen LogP contribution in [0.4, 0.5) is 5.69 Å². The number of amides is 1. The lowest BCUT2D eigenvalue weighted by Gasteiger charge is -2.39. The van der Waals surface area contributed by atoms with Gasteiger partial charge in [0, 0.05) is 44.8 Å². The van der Waals surface area contributed by atoms with Crippen LogP contribution in [0.15, 0.2) is 24.3 Å². The molecule has 9 nitrogen and oxygen atoms in total.